The van der Waals surface area contributed by atoms with E-state index in [9.17, 15) is 4.79 Å². The van der Waals surface area contributed by atoms with Gasteiger partial charge < -0.3 is 14.2 Å². The fourth-order valence-electron chi connectivity index (χ4n) is 2.01. The van der Waals surface area contributed by atoms with Crippen molar-refractivity contribution in [3.05, 3.63) is 28.8 Å². The molecule has 0 aliphatic carbocycles. The highest BCUT2D eigenvalue weighted by Gasteiger charge is 2.13. The summed E-state index contributed by atoms with van der Waals surface area (Å²) in [5.74, 6) is 0.543. The number of carbonyl (C=O) groups excluding carboxylic acids is 1. The van der Waals surface area contributed by atoms with Gasteiger partial charge in [-0.3, -0.25) is 4.79 Å². The van der Waals surface area contributed by atoms with Gasteiger partial charge in [0.25, 0.3) is 0 Å². The fraction of sp³-hybridized carbons (Fsp3) is 0.533. The number of carbonyl (C=O) groups is 1. The molecule has 0 unspecified atom stereocenters. The van der Waals surface area contributed by atoms with Crippen LogP contribution in [0.15, 0.2) is 18.2 Å². The first kappa shape index (κ1) is 15.3. The summed E-state index contributed by atoms with van der Waals surface area (Å²) in [6, 6.07) is 5.02. The van der Waals surface area contributed by atoms with Gasteiger partial charge in [-0.25, -0.2) is 0 Å². The second-order valence-corrected chi connectivity index (χ2v) is 5.12. The molecule has 0 N–H and O–H groups in total. The first-order chi connectivity index (χ1) is 9.66. The number of ketones is 1. The zero-order valence-electron chi connectivity index (χ0n) is 11.6. The molecule has 2 rings (SSSR count). The highest BCUT2D eigenvalue weighted by Crippen LogP contribution is 2.25. The van der Waals surface area contributed by atoms with E-state index < -0.39 is 0 Å². The van der Waals surface area contributed by atoms with Crippen molar-refractivity contribution < 1.29 is 19.0 Å². The minimum atomic E-state index is -0.108. The molecule has 1 aromatic rings. The smallest absolute Gasteiger partial charge is 0.159 e. The lowest BCUT2D eigenvalue weighted by molar-refractivity contribution is -0.165. The third-order valence-corrected chi connectivity index (χ3v) is 3.42. The number of Topliss-reactive ketones (excluding diaryl/α,β-unsaturated/α-hetero) is 1. The third-order valence-electron chi connectivity index (χ3n) is 3.12. The Morgan fingerprint density at radius 1 is 1.40 bits per heavy atom. The van der Waals surface area contributed by atoms with Crippen LogP contribution in [0.3, 0.4) is 0 Å². The predicted octanol–water partition coefficient (Wildman–Crippen LogP) is 3.46. The summed E-state index contributed by atoms with van der Waals surface area (Å²) in [5, 5.41) is 0.437. The van der Waals surface area contributed by atoms with E-state index in [0.717, 1.165) is 25.9 Å². The molecule has 20 heavy (non-hydrogen) atoms. The van der Waals surface area contributed by atoms with Crippen LogP contribution in [0.25, 0.3) is 0 Å². The number of benzene rings is 1. The molecular formula is C15H19ClO4. The summed E-state index contributed by atoms with van der Waals surface area (Å²) in [6.07, 6.45) is 3.08. The van der Waals surface area contributed by atoms with Crippen LogP contribution in [-0.2, 0) is 9.47 Å². The average Bonchev–Trinajstić information content (AvgIpc) is 2.46. The van der Waals surface area contributed by atoms with Crippen LogP contribution in [0.2, 0.25) is 5.02 Å². The molecule has 1 aromatic carbocycles. The van der Waals surface area contributed by atoms with Crippen LogP contribution in [0.1, 0.15) is 36.5 Å². The van der Waals surface area contributed by atoms with Crippen molar-refractivity contribution in [1.82, 2.24) is 0 Å². The minimum absolute atomic E-state index is 0.0174. The average molecular weight is 299 g/mol. The molecule has 0 aromatic heterocycles. The van der Waals surface area contributed by atoms with Gasteiger partial charge >= 0.3 is 0 Å². The van der Waals surface area contributed by atoms with Crippen LogP contribution in [0, 0.1) is 0 Å². The summed E-state index contributed by atoms with van der Waals surface area (Å²) in [6.45, 7) is 3.13. The normalized spacial score (nSPS) is 18.8. The second kappa shape index (κ2) is 7.62. The molecule has 5 heteroatoms. The molecule has 0 radical (unpaired) electrons. The van der Waals surface area contributed by atoms with Crippen molar-refractivity contribution in [1.29, 1.82) is 0 Å². The minimum Gasteiger partial charge on any atom is -0.490 e. The number of hydrogen-bond acceptors (Lipinski definition) is 4. The summed E-state index contributed by atoms with van der Waals surface area (Å²) in [5.41, 5.74) is 0.578. The summed E-state index contributed by atoms with van der Waals surface area (Å²) < 4.78 is 16.6. The first-order valence-electron chi connectivity index (χ1n) is 6.83. The van der Waals surface area contributed by atoms with E-state index in [1.54, 1.807) is 18.2 Å². The first-order valence-corrected chi connectivity index (χ1v) is 7.21. The lowest BCUT2D eigenvalue weighted by Gasteiger charge is -2.22. The molecule has 110 valence electrons. The SMILES string of the molecule is CC(=O)c1ccc(OCCO[C@@H]2CCCCO2)c(Cl)c1. The quantitative estimate of drug-likeness (QED) is 0.596. The molecule has 0 amide bonds. The number of ether oxygens (including phenoxy) is 3. The largest absolute Gasteiger partial charge is 0.490 e. The second-order valence-electron chi connectivity index (χ2n) is 4.72. The van der Waals surface area contributed by atoms with Crippen molar-refractivity contribution in [3.8, 4) is 5.75 Å². The molecule has 0 bridgehead atoms. The van der Waals surface area contributed by atoms with E-state index in [4.69, 9.17) is 25.8 Å². The lowest BCUT2D eigenvalue weighted by Crippen LogP contribution is -2.24. The molecule has 1 heterocycles. The topological polar surface area (TPSA) is 44.8 Å². The molecule has 1 fully saturated rings. The van der Waals surface area contributed by atoms with Gasteiger partial charge in [0, 0.05) is 12.2 Å². The van der Waals surface area contributed by atoms with Gasteiger partial charge in [-0.05, 0) is 44.4 Å². The van der Waals surface area contributed by atoms with Gasteiger partial charge in [-0.2, -0.15) is 0 Å². The third kappa shape index (κ3) is 4.47. The summed E-state index contributed by atoms with van der Waals surface area (Å²) >= 11 is 6.06. The molecule has 1 atom stereocenters. The molecule has 4 nitrogen and oxygen atoms in total. The van der Waals surface area contributed by atoms with Gasteiger partial charge in [-0.1, -0.05) is 11.6 Å². The number of rotatable bonds is 6. The van der Waals surface area contributed by atoms with E-state index in [0.29, 0.717) is 29.5 Å². The Hall–Kier alpha value is -1.10. The van der Waals surface area contributed by atoms with Crippen molar-refractivity contribution >= 4 is 17.4 Å². The summed E-state index contributed by atoms with van der Waals surface area (Å²) in [4.78, 5) is 11.2. The molecule has 1 aliphatic heterocycles. The van der Waals surface area contributed by atoms with E-state index in [2.05, 4.69) is 0 Å². The van der Waals surface area contributed by atoms with Crippen LogP contribution >= 0.6 is 11.6 Å². The van der Waals surface area contributed by atoms with Crippen molar-refractivity contribution in [3.63, 3.8) is 0 Å². The Morgan fingerprint density at radius 2 is 2.25 bits per heavy atom. The molecule has 1 saturated heterocycles. The van der Waals surface area contributed by atoms with Gasteiger partial charge in [0.1, 0.15) is 12.4 Å². The maximum absolute atomic E-state index is 11.2. The fourth-order valence-corrected chi connectivity index (χ4v) is 2.25. The van der Waals surface area contributed by atoms with E-state index in [1.807, 2.05) is 0 Å². The van der Waals surface area contributed by atoms with Crippen LogP contribution in [-0.4, -0.2) is 31.9 Å². The Bertz CT molecular complexity index is 455. The van der Waals surface area contributed by atoms with E-state index >= 15 is 0 Å². The van der Waals surface area contributed by atoms with E-state index in [-0.39, 0.29) is 12.1 Å². The van der Waals surface area contributed by atoms with Gasteiger partial charge in [0.2, 0.25) is 0 Å². The Kier molecular flexibility index (Phi) is 5.83. The predicted molar refractivity (Wildman–Crippen MR) is 76.5 cm³/mol. The molecule has 0 saturated carbocycles. The van der Waals surface area contributed by atoms with Crippen LogP contribution < -0.4 is 4.74 Å². The lowest BCUT2D eigenvalue weighted by atomic mass is 10.1. The maximum atomic E-state index is 11.2. The zero-order valence-corrected chi connectivity index (χ0v) is 12.3. The molecule has 0 spiro atoms. The van der Waals surface area contributed by atoms with Crippen LogP contribution in [0.5, 0.6) is 5.75 Å². The number of hydrogen-bond donors (Lipinski definition) is 0. The van der Waals surface area contributed by atoms with Gasteiger partial charge in [0.15, 0.2) is 12.1 Å². The number of halogens is 1. The van der Waals surface area contributed by atoms with Crippen molar-refractivity contribution in [2.45, 2.75) is 32.5 Å². The molecular weight excluding hydrogens is 280 g/mol. The molecule has 1 aliphatic rings. The maximum Gasteiger partial charge on any atom is 0.159 e. The van der Waals surface area contributed by atoms with Crippen molar-refractivity contribution in [2.75, 3.05) is 19.8 Å². The Labute approximate surface area is 124 Å². The van der Waals surface area contributed by atoms with Crippen molar-refractivity contribution in [2.24, 2.45) is 0 Å². The Morgan fingerprint density at radius 3 is 2.90 bits per heavy atom. The standard InChI is InChI=1S/C15H19ClO4/c1-11(17)12-5-6-14(13(16)10-12)18-8-9-20-15-4-2-3-7-19-15/h5-6,10,15H,2-4,7-9H2,1H3/t15-/m1/s1. The van der Waals surface area contributed by atoms with E-state index in [1.165, 1.54) is 6.92 Å². The van der Waals surface area contributed by atoms with Gasteiger partial charge in [0.05, 0.1) is 11.6 Å². The summed E-state index contributed by atoms with van der Waals surface area (Å²) in [7, 11) is 0. The van der Waals surface area contributed by atoms with Gasteiger partial charge in [-0.15, -0.1) is 0 Å². The Balaban J connectivity index is 1.74. The zero-order chi connectivity index (χ0) is 14.4. The van der Waals surface area contributed by atoms with Crippen LogP contribution in [0.4, 0.5) is 0 Å². The monoisotopic (exact) mass is 298 g/mol. The highest BCUT2D eigenvalue weighted by atomic mass is 35.5. The highest BCUT2D eigenvalue weighted by molar-refractivity contribution is 6.32.